The molecule has 6 atom stereocenters. The number of alkyl halides is 2. The number of nitrogens with one attached hydrogen (secondary N) is 1. The van der Waals surface area contributed by atoms with E-state index in [4.69, 9.17) is 35.9 Å². The summed E-state index contributed by atoms with van der Waals surface area (Å²) in [6.07, 6.45) is -3.77. The van der Waals surface area contributed by atoms with Crippen LogP contribution in [-0.4, -0.2) is 63.1 Å². The second kappa shape index (κ2) is 11.9. The summed E-state index contributed by atoms with van der Waals surface area (Å²) in [5.74, 6) is -0.626. The van der Waals surface area contributed by atoms with Crippen LogP contribution in [0.5, 0.6) is 5.75 Å². The molecule has 1 aliphatic rings. The molecular weight excluding hydrogens is 534 g/mol. The first-order valence-corrected chi connectivity index (χ1v) is 13.2. The Morgan fingerprint density at radius 2 is 2.03 bits per heavy atom. The first-order valence-electron chi connectivity index (χ1n) is 11.3. The molecule has 37 heavy (non-hydrogen) atoms. The molecule has 0 bridgehead atoms. The molecule has 2 aromatic rings. The number of nitrogen functional groups attached to an aromatic ring is 1. The number of hydrogen-bond donors (Lipinski definition) is 3. The number of aliphatic hydroxyl groups excluding tert-OH is 1. The number of rotatable bonds is 11. The average molecular weight is 563 g/mol. The molecule has 1 unspecified atom stereocenters. The summed E-state index contributed by atoms with van der Waals surface area (Å²) in [7, 11) is -4.31. The van der Waals surface area contributed by atoms with Crippen LogP contribution in [0, 0.1) is 0 Å². The maximum Gasteiger partial charge on any atom is 0.459 e. The number of benzene rings is 1. The van der Waals surface area contributed by atoms with Crippen molar-refractivity contribution in [1.29, 1.82) is 0 Å². The summed E-state index contributed by atoms with van der Waals surface area (Å²) in [6, 6.07) is 8.16. The lowest BCUT2D eigenvalue weighted by Gasteiger charge is -2.27. The monoisotopic (exact) mass is 562 g/mol. The van der Waals surface area contributed by atoms with Gasteiger partial charge in [0.05, 0.1) is 12.7 Å². The lowest BCUT2D eigenvalue weighted by atomic mass is 10.00. The van der Waals surface area contributed by atoms with E-state index < -0.39 is 68.1 Å². The number of halogens is 2. The molecule has 4 N–H and O–H groups in total. The fourth-order valence-electron chi connectivity index (χ4n) is 3.49. The Morgan fingerprint density at radius 3 is 2.62 bits per heavy atom. The number of aromatic nitrogens is 2. The maximum absolute atomic E-state index is 14.1. The second-order valence-corrected chi connectivity index (χ2v) is 11.0. The van der Waals surface area contributed by atoms with Gasteiger partial charge < -0.3 is 24.8 Å². The van der Waals surface area contributed by atoms with Gasteiger partial charge in [0, 0.05) is 6.20 Å². The minimum Gasteiger partial charge on any atom is -0.462 e. The molecule has 15 heteroatoms. The molecule has 0 aliphatic carbocycles. The number of carbonyl (C=O) groups excluding carboxylic acids is 1. The highest BCUT2D eigenvalue weighted by Gasteiger charge is 2.57. The number of carbonyl (C=O) groups is 1. The summed E-state index contributed by atoms with van der Waals surface area (Å²) in [5, 5.41) is 13.3. The van der Waals surface area contributed by atoms with Gasteiger partial charge in [-0.25, -0.2) is 13.8 Å². The smallest absolute Gasteiger partial charge is 0.459 e. The number of hydrogen-bond acceptors (Lipinski definition) is 10. The summed E-state index contributed by atoms with van der Waals surface area (Å²) in [6.45, 7) is 2.80. The van der Waals surface area contributed by atoms with E-state index in [1.165, 1.54) is 31.3 Å². The molecule has 0 radical (unpaired) electrons. The van der Waals surface area contributed by atoms with Crippen LogP contribution in [0.3, 0.4) is 0 Å². The minimum absolute atomic E-state index is 0.0738. The fraction of sp³-hybridized carbons (Fsp3) is 0.500. The molecule has 1 aliphatic heterocycles. The van der Waals surface area contributed by atoms with Crippen LogP contribution < -0.4 is 21.0 Å². The SMILES string of the molecule is CC(C)OC(=O)[C@H](C)N[P@@](=O)(OC[C@H]1O[C@@H](n2ccc(N)nc2=O)[C@@](Cl)(CF)C1O)Oc1ccccc1. The Morgan fingerprint density at radius 1 is 1.35 bits per heavy atom. The van der Waals surface area contributed by atoms with Gasteiger partial charge in [0.25, 0.3) is 0 Å². The highest BCUT2D eigenvalue weighted by atomic mass is 35.5. The van der Waals surface area contributed by atoms with Crippen molar-refractivity contribution >= 4 is 31.1 Å². The van der Waals surface area contributed by atoms with Crippen molar-refractivity contribution in [2.75, 3.05) is 19.0 Å². The highest BCUT2D eigenvalue weighted by Crippen LogP contribution is 2.48. The standard InChI is InChI=1S/C22H29ClFN4O8P/c1-13(2)34-19(30)14(3)27-37(32,36-15-7-5-4-6-8-15)33-11-16-18(29)22(23,12-24)20(35-16)28-10-9-17(25)26-21(28)31/h4-10,13-14,16,18,20,29H,11-12H2,1-3H3,(H,27,32)(H2,25,26,31)/t14-,16+,18?,20+,22+,37+/m0/s1. The summed E-state index contributed by atoms with van der Waals surface area (Å²) < 4.78 is 50.4. The Hall–Kier alpha value is -2.54. The van der Waals surface area contributed by atoms with E-state index in [0.717, 1.165) is 4.57 Å². The number of aliphatic hydroxyl groups is 1. The zero-order valence-corrected chi connectivity index (χ0v) is 22.0. The molecule has 3 rings (SSSR count). The molecule has 2 heterocycles. The fourth-order valence-corrected chi connectivity index (χ4v) is 5.29. The third-order valence-corrected chi connectivity index (χ3v) is 7.46. The predicted octanol–water partition coefficient (Wildman–Crippen LogP) is 2.16. The van der Waals surface area contributed by atoms with Gasteiger partial charge in [-0.2, -0.15) is 10.1 Å². The molecule has 0 spiro atoms. The number of anilines is 1. The molecule has 1 aromatic heterocycles. The van der Waals surface area contributed by atoms with Crippen molar-refractivity contribution in [1.82, 2.24) is 14.6 Å². The van der Waals surface area contributed by atoms with Gasteiger partial charge in [-0.1, -0.05) is 18.2 Å². The van der Waals surface area contributed by atoms with Gasteiger partial charge >= 0.3 is 19.4 Å². The zero-order chi connectivity index (χ0) is 27.4. The number of para-hydroxylation sites is 1. The lowest BCUT2D eigenvalue weighted by Crippen LogP contribution is -2.46. The van der Waals surface area contributed by atoms with Crippen molar-refractivity contribution in [3.8, 4) is 5.75 Å². The molecule has 204 valence electrons. The minimum atomic E-state index is -4.31. The van der Waals surface area contributed by atoms with E-state index in [9.17, 15) is 23.7 Å². The van der Waals surface area contributed by atoms with Crippen molar-refractivity contribution < 1.29 is 37.4 Å². The second-order valence-electron chi connectivity index (χ2n) is 8.61. The van der Waals surface area contributed by atoms with Gasteiger partial charge in [0.15, 0.2) is 6.23 Å². The van der Waals surface area contributed by atoms with Crippen molar-refractivity contribution in [3.05, 3.63) is 53.1 Å². The molecule has 1 aromatic carbocycles. The van der Waals surface area contributed by atoms with Crippen LogP contribution in [0.1, 0.15) is 27.0 Å². The molecule has 0 saturated carbocycles. The molecule has 12 nitrogen and oxygen atoms in total. The summed E-state index contributed by atoms with van der Waals surface area (Å²) >= 11 is 6.37. The van der Waals surface area contributed by atoms with E-state index in [2.05, 4.69) is 10.1 Å². The third kappa shape index (κ3) is 6.86. The Labute approximate surface area is 217 Å². The Kier molecular flexibility index (Phi) is 9.32. The predicted molar refractivity (Wildman–Crippen MR) is 132 cm³/mol. The van der Waals surface area contributed by atoms with Gasteiger partial charge in [-0.05, 0) is 39.0 Å². The quantitative estimate of drug-likeness (QED) is 0.209. The topological polar surface area (TPSA) is 164 Å². The first kappa shape index (κ1) is 29.0. The first-order chi connectivity index (χ1) is 17.4. The Balaban J connectivity index is 1.82. The average Bonchev–Trinajstić information content (AvgIpc) is 3.08. The largest absolute Gasteiger partial charge is 0.462 e. The highest BCUT2D eigenvalue weighted by molar-refractivity contribution is 7.52. The number of nitrogens with two attached hydrogens (primary N) is 1. The van der Waals surface area contributed by atoms with Crippen LogP contribution >= 0.6 is 19.3 Å². The van der Waals surface area contributed by atoms with E-state index in [0.29, 0.717) is 0 Å². The number of nitrogens with zero attached hydrogens (tertiary/aromatic N) is 2. The summed E-state index contributed by atoms with van der Waals surface area (Å²) in [5.41, 5.74) is 4.62. The van der Waals surface area contributed by atoms with Gasteiger partial charge in [0.1, 0.15) is 41.4 Å². The van der Waals surface area contributed by atoms with Crippen molar-refractivity contribution in [3.63, 3.8) is 0 Å². The van der Waals surface area contributed by atoms with Gasteiger partial charge in [0.2, 0.25) is 0 Å². The van der Waals surface area contributed by atoms with Crippen LogP contribution in [0.25, 0.3) is 0 Å². The van der Waals surface area contributed by atoms with E-state index in [-0.39, 0.29) is 11.6 Å². The van der Waals surface area contributed by atoms with E-state index >= 15 is 0 Å². The zero-order valence-electron chi connectivity index (χ0n) is 20.3. The lowest BCUT2D eigenvalue weighted by molar-refractivity contribution is -0.149. The number of esters is 1. The van der Waals surface area contributed by atoms with Crippen LogP contribution in [0.2, 0.25) is 0 Å². The van der Waals surface area contributed by atoms with Crippen LogP contribution in [0.15, 0.2) is 47.4 Å². The van der Waals surface area contributed by atoms with Crippen LogP contribution in [-0.2, 0) is 23.4 Å². The van der Waals surface area contributed by atoms with E-state index in [1.807, 2.05) is 0 Å². The van der Waals surface area contributed by atoms with Gasteiger partial charge in [-0.15, -0.1) is 11.6 Å². The maximum atomic E-state index is 14.1. The van der Waals surface area contributed by atoms with Crippen LogP contribution in [0.4, 0.5) is 10.2 Å². The third-order valence-electron chi connectivity index (χ3n) is 5.30. The molecule has 1 saturated heterocycles. The van der Waals surface area contributed by atoms with Gasteiger partial charge in [-0.3, -0.25) is 13.9 Å². The molecule has 0 amide bonds. The summed E-state index contributed by atoms with van der Waals surface area (Å²) in [4.78, 5) is 26.1. The normalized spacial score (nSPS) is 26.0. The van der Waals surface area contributed by atoms with E-state index in [1.54, 1.807) is 32.0 Å². The van der Waals surface area contributed by atoms with Crippen molar-refractivity contribution in [2.45, 2.75) is 56.2 Å². The molecular formula is C22H29ClFN4O8P. The number of ether oxygens (including phenoxy) is 2. The Bertz CT molecular complexity index is 1190. The van der Waals surface area contributed by atoms with Crippen molar-refractivity contribution in [2.24, 2.45) is 0 Å². The molecule has 1 fully saturated rings.